The molecule has 0 amide bonds. The molecule has 1 aliphatic carbocycles. The smallest absolute Gasteiger partial charge is 0.308 e. The van der Waals surface area contributed by atoms with Crippen LogP contribution in [0.4, 0.5) is 0 Å². The predicted octanol–water partition coefficient (Wildman–Crippen LogP) is 1.86. The Balaban J connectivity index is 2.14. The lowest BCUT2D eigenvalue weighted by Gasteiger charge is -2.34. The molecule has 4 heteroatoms. The van der Waals surface area contributed by atoms with Crippen LogP contribution in [-0.4, -0.2) is 36.9 Å². The van der Waals surface area contributed by atoms with Crippen LogP contribution in [0.1, 0.15) is 52.4 Å². The second-order valence-corrected chi connectivity index (χ2v) is 5.67. The lowest BCUT2D eigenvalue weighted by molar-refractivity contribution is -0.145. The van der Waals surface area contributed by atoms with Gasteiger partial charge in [-0.05, 0) is 25.2 Å². The van der Waals surface area contributed by atoms with E-state index in [1.165, 1.54) is 32.1 Å². The van der Waals surface area contributed by atoms with Crippen LogP contribution in [0.25, 0.3) is 0 Å². The normalized spacial score (nSPS) is 20.4. The summed E-state index contributed by atoms with van der Waals surface area (Å²) in [6.07, 6.45) is 5.92. The summed E-state index contributed by atoms with van der Waals surface area (Å²) in [5, 5.41) is 13.0. The van der Waals surface area contributed by atoms with Crippen molar-refractivity contribution < 1.29 is 14.6 Å². The minimum absolute atomic E-state index is 0.0809. The number of aliphatic hydroxyl groups excluding tert-OH is 1. The van der Waals surface area contributed by atoms with Crippen LogP contribution in [0.3, 0.4) is 0 Å². The summed E-state index contributed by atoms with van der Waals surface area (Å²) in [6.45, 7) is 5.83. The Morgan fingerprint density at radius 2 is 2.06 bits per heavy atom. The van der Waals surface area contributed by atoms with Gasteiger partial charge in [-0.15, -0.1) is 0 Å². The summed E-state index contributed by atoms with van der Waals surface area (Å²) in [7, 11) is 0. The van der Waals surface area contributed by atoms with Gasteiger partial charge >= 0.3 is 5.97 Å². The predicted molar refractivity (Wildman–Crippen MR) is 71.3 cm³/mol. The molecule has 2 N–H and O–H groups in total. The van der Waals surface area contributed by atoms with Gasteiger partial charge < -0.3 is 15.2 Å². The van der Waals surface area contributed by atoms with Crippen LogP contribution < -0.4 is 5.32 Å². The Labute approximate surface area is 110 Å². The molecule has 1 saturated carbocycles. The van der Waals surface area contributed by atoms with Gasteiger partial charge in [0.15, 0.2) is 0 Å². The van der Waals surface area contributed by atoms with Crippen molar-refractivity contribution in [2.24, 2.45) is 5.41 Å². The average Bonchev–Trinajstić information content (AvgIpc) is 2.29. The Hall–Kier alpha value is -0.610. The van der Waals surface area contributed by atoms with Gasteiger partial charge in [-0.1, -0.05) is 26.2 Å². The van der Waals surface area contributed by atoms with Crippen molar-refractivity contribution in [3.05, 3.63) is 0 Å². The molecule has 0 aromatic carbocycles. The zero-order chi connectivity index (χ0) is 13.4. The first kappa shape index (κ1) is 15.4. The molecule has 1 rings (SSSR count). The number of carbonyl (C=O) groups is 1. The molecule has 1 atom stereocenters. The number of ether oxygens (including phenoxy) is 1. The topological polar surface area (TPSA) is 58.6 Å². The van der Waals surface area contributed by atoms with Crippen LogP contribution in [0.2, 0.25) is 0 Å². The van der Waals surface area contributed by atoms with E-state index in [1.807, 2.05) is 0 Å². The molecule has 0 saturated heterocycles. The summed E-state index contributed by atoms with van der Waals surface area (Å²) in [6, 6.07) is 0. The Bertz CT molecular complexity index is 249. The Morgan fingerprint density at radius 3 is 2.67 bits per heavy atom. The quantitative estimate of drug-likeness (QED) is 0.684. The summed E-state index contributed by atoms with van der Waals surface area (Å²) in [4.78, 5) is 11.2. The van der Waals surface area contributed by atoms with Gasteiger partial charge in [-0.25, -0.2) is 0 Å². The van der Waals surface area contributed by atoms with E-state index >= 15 is 0 Å². The van der Waals surface area contributed by atoms with Crippen molar-refractivity contribution in [1.82, 2.24) is 5.32 Å². The van der Waals surface area contributed by atoms with Crippen LogP contribution in [0.15, 0.2) is 0 Å². The van der Waals surface area contributed by atoms with Gasteiger partial charge in [0.2, 0.25) is 0 Å². The van der Waals surface area contributed by atoms with Crippen LogP contribution >= 0.6 is 0 Å². The monoisotopic (exact) mass is 257 g/mol. The first-order valence-electron chi connectivity index (χ1n) is 7.10. The molecule has 0 aromatic heterocycles. The first-order valence-corrected chi connectivity index (χ1v) is 7.10. The molecule has 1 unspecified atom stereocenters. The van der Waals surface area contributed by atoms with Crippen molar-refractivity contribution in [3.63, 3.8) is 0 Å². The summed E-state index contributed by atoms with van der Waals surface area (Å²) in [5.74, 6) is -0.323. The molecule has 0 spiro atoms. The number of hydrogen-bond donors (Lipinski definition) is 2. The molecule has 1 fully saturated rings. The van der Waals surface area contributed by atoms with E-state index in [2.05, 4.69) is 12.2 Å². The van der Waals surface area contributed by atoms with E-state index in [0.29, 0.717) is 18.6 Å². The lowest BCUT2D eigenvalue weighted by Crippen LogP contribution is -2.38. The van der Waals surface area contributed by atoms with Gasteiger partial charge in [0.1, 0.15) is 0 Å². The number of nitrogens with one attached hydrogen (secondary N) is 1. The summed E-state index contributed by atoms with van der Waals surface area (Å²) < 4.78 is 4.80. The number of hydrogen-bond acceptors (Lipinski definition) is 4. The maximum absolute atomic E-state index is 11.2. The van der Waals surface area contributed by atoms with Crippen LogP contribution in [-0.2, 0) is 9.53 Å². The third kappa shape index (κ3) is 5.83. The summed E-state index contributed by atoms with van der Waals surface area (Å²) in [5.41, 5.74) is 0.363. The highest BCUT2D eigenvalue weighted by Gasteiger charge is 2.26. The largest absolute Gasteiger partial charge is 0.466 e. The van der Waals surface area contributed by atoms with E-state index < -0.39 is 6.10 Å². The second-order valence-electron chi connectivity index (χ2n) is 5.67. The van der Waals surface area contributed by atoms with Crippen molar-refractivity contribution in [3.8, 4) is 0 Å². The van der Waals surface area contributed by atoms with Gasteiger partial charge in [0.05, 0.1) is 19.1 Å². The molecular formula is C14H27NO3. The molecule has 0 aliphatic heterocycles. The molecule has 1 aliphatic rings. The molecule has 0 heterocycles. The van der Waals surface area contributed by atoms with E-state index in [1.54, 1.807) is 6.92 Å². The van der Waals surface area contributed by atoms with E-state index in [4.69, 9.17) is 4.74 Å². The van der Waals surface area contributed by atoms with Crippen molar-refractivity contribution in [1.29, 1.82) is 0 Å². The van der Waals surface area contributed by atoms with Crippen molar-refractivity contribution in [2.45, 2.75) is 58.5 Å². The maximum Gasteiger partial charge on any atom is 0.308 e. The molecular weight excluding hydrogens is 230 g/mol. The molecule has 0 bridgehead atoms. The van der Waals surface area contributed by atoms with Crippen LogP contribution in [0, 0.1) is 5.41 Å². The number of rotatable bonds is 7. The zero-order valence-electron chi connectivity index (χ0n) is 11.7. The molecule has 0 radical (unpaired) electrons. The fourth-order valence-corrected chi connectivity index (χ4v) is 2.61. The zero-order valence-corrected chi connectivity index (χ0v) is 11.7. The van der Waals surface area contributed by atoms with E-state index in [0.717, 1.165) is 6.54 Å². The standard InChI is InChI=1S/C14H27NO3/c1-3-18-13(17)9-12(16)10-15-11-14(2)7-5-4-6-8-14/h12,15-16H,3-11H2,1-2H3. The SMILES string of the molecule is CCOC(=O)CC(O)CNCC1(C)CCCCC1. The number of aliphatic hydroxyl groups is 1. The van der Waals surface area contributed by atoms with Gasteiger partial charge in [-0.2, -0.15) is 0 Å². The van der Waals surface area contributed by atoms with E-state index in [9.17, 15) is 9.90 Å². The maximum atomic E-state index is 11.2. The highest BCUT2D eigenvalue weighted by atomic mass is 16.5. The van der Waals surface area contributed by atoms with Gasteiger partial charge in [-0.3, -0.25) is 4.79 Å². The third-order valence-corrected chi connectivity index (χ3v) is 3.70. The highest BCUT2D eigenvalue weighted by Crippen LogP contribution is 2.34. The fourth-order valence-electron chi connectivity index (χ4n) is 2.61. The minimum Gasteiger partial charge on any atom is -0.466 e. The van der Waals surface area contributed by atoms with Crippen LogP contribution in [0.5, 0.6) is 0 Å². The first-order chi connectivity index (χ1) is 8.56. The van der Waals surface area contributed by atoms with Gasteiger partial charge in [0.25, 0.3) is 0 Å². The third-order valence-electron chi connectivity index (χ3n) is 3.70. The molecule has 106 valence electrons. The molecule has 18 heavy (non-hydrogen) atoms. The minimum atomic E-state index is -0.642. The van der Waals surface area contributed by atoms with Gasteiger partial charge in [0, 0.05) is 13.1 Å². The van der Waals surface area contributed by atoms with Crippen molar-refractivity contribution >= 4 is 5.97 Å². The summed E-state index contributed by atoms with van der Waals surface area (Å²) >= 11 is 0. The lowest BCUT2D eigenvalue weighted by atomic mass is 9.76. The van der Waals surface area contributed by atoms with Crippen molar-refractivity contribution in [2.75, 3.05) is 19.7 Å². The Kier molecular flexibility index (Phi) is 6.65. The second kappa shape index (κ2) is 7.74. The average molecular weight is 257 g/mol. The highest BCUT2D eigenvalue weighted by molar-refractivity contribution is 5.69. The Morgan fingerprint density at radius 1 is 1.39 bits per heavy atom. The fraction of sp³-hybridized carbons (Fsp3) is 0.929. The number of carbonyl (C=O) groups excluding carboxylic acids is 1. The molecule has 0 aromatic rings. The van der Waals surface area contributed by atoms with E-state index in [-0.39, 0.29) is 12.4 Å². The molecule has 4 nitrogen and oxygen atoms in total. The number of esters is 1.